The Morgan fingerprint density at radius 1 is 1.33 bits per heavy atom. The van der Waals surface area contributed by atoms with Gasteiger partial charge in [0.25, 0.3) is 0 Å². The van der Waals surface area contributed by atoms with E-state index in [4.69, 9.17) is 5.11 Å². The van der Waals surface area contributed by atoms with E-state index in [2.05, 4.69) is 11.0 Å². The van der Waals surface area contributed by atoms with E-state index in [1.807, 2.05) is 0 Å². The first-order valence-corrected chi connectivity index (χ1v) is 4.49. The van der Waals surface area contributed by atoms with Gasteiger partial charge in [-0.15, -0.1) is 5.73 Å². The van der Waals surface area contributed by atoms with Crippen molar-refractivity contribution in [1.29, 1.82) is 0 Å². The van der Waals surface area contributed by atoms with Crippen LogP contribution in [0.1, 0.15) is 12.8 Å². The molecule has 0 aromatic carbocycles. The third-order valence-electron chi connectivity index (χ3n) is 1.68. The normalized spacial score (nSPS) is 13.2. The van der Waals surface area contributed by atoms with Crippen LogP contribution < -0.4 is 5.32 Å². The lowest BCUT2D eigenvalue weighted by atomic mass is 10.3. The SMILES string of the molecule is O=C(O)CCC(=O)NC1=CC=C=CC=C1. The van der Waals surface area contributed by atoms with Gasteiger partial charge in [0.2, 0.25) is 5.91 Å². The van der Waals surface area contributed by atoms with E-state index < -0.39 is 5.97 Å². The third kappa shape index (κ3) is 4.64. The molecule has 0 aromatic rings. The second kappa shape index (κ2) is 5.62. The second-order valence-electron chi connectivity index (χ2n) is 2.92. The molecular formula is C11H11NO3. The Labute approximate surface area is 87.3 Å². The van der Waals surface area contributed by atoms with Gasteiger partial charge in [-0.1, -0.05) is 6.08 Å². The van der Waals surface area contributed by atoms with Crippen LogP contribution in [0.2, 0.25) is 0 Å². The highest BCUT2D eigenvalue weighted by atomic mass is 16.4. The van der Waals surface area contributed by atoms with E-state index in [-0.39, 0.29) is 18.7 Å². The van der Waals surface area contributed by atoms with Crippen LogP contribution in [-0.4, -0.2) is 17.0 Å². The number of carboxylic acids is 1. The Balaban J connectivity index is 2.42. The van der Waals surface area contributed by atoms with Crippen molar-refractivity contribution in [3.8, 4) is 0 Å². The minimum Gasteiger partial charge on any atom is -0.481 e. The van der Waals surface area contributed by atoms with Crippen molar-refractivity contribution in [3.05, 3.63) is 41.8 Å². The molecule has 0 aliphatic heterocycles. The largest absolute Gasteiger partial charge is 0.481 e. The Morgan fingerprint density at radius 2 is 2.13 bits per heavy atom. The van der Waals surface area contributed by atoms with Crippen LogP contribution in [0.3, 0.4) is 0 Å². The number of hydrogen-bond donors (Lipinski definition) is 2. The molecule has 0 fully saturated rings. The van der Waals surface area contributed by atoms with Gasteiger partial charge in [0, 0.05) is 12.1 Å². The molecule has 0 heterocycles. The molecule has 0 saturated carbocycles. The summed E-state index contributed by atoms with van der Waals surface area (Å²) in [7, 11) is 0. The zero-order valence-corrected chi connectivity index (χ0v) is 8.06. The number of amides is 1. The number of rotatable bonds is 4. The molecule has 1 amide bonds. The average molecular weight is 205 g/mol. The van der Waals surface area contributed by atoms with Crippen molar-refractivity contribution in [3.63, 3.8) is 0 Å². The molecule has 0 atom stereocenters. The topological polar surface area (TPSA) is 66.4 Å². The summed E-state index contributed by atoms with van der Waals surface area (Å²) in [5, 5.41) is 11.0. The zero-order chi connectivity index (χ0) is 11.1. The second-order valence-corrected chi connectivity index (χ2v) is 2.92. The van der Waals surface area contributed by atoms with Gasteiger partial charge in [-0.3, -0.25) is 9.59 Å². The summed E-state index contributed by atoms with van der Waals surface area (Å²) in [6.45, 7) is 0. The highest BCUT2D eigenvalue weighted by Crippen LogP contribution is 1.98. The fraction of sp³-hybridized carbons (Fsp3) is 0.182. The molecule has 1 rings (SSSR count). The number of aliphatic carboxylic acids is 1. The summed E-state index contributed by atoms with van der Waals surface area (Å²) in [6, 6.07) is 0. The Kier molecular flexibility index (Phi) is 4.13. The fourth-order valence-corrected chi connectivity index (χ4v) is 0.984. The molecule has 2 N–H and O–H groups in total. The van der Waals surface area contributed by atoms with Gasteiger partial charge in [0.05, 0.1) is 6.42 Å². The molecule has 0 saturated heterocycles. The summed E-state index contributed by atoms with van der Waals surface area (Å²) >= 11 is 0. The van der Waals surface area contributed by atoms with Crippen LogP contribution >= 0.6 is 0 Å². The average Bonchev–Trinajstić information content (AvgIpc) is 2.43. The van der Waals surface area contributed by atoms with Crippen LogP contribution in [0.25, 0.3) is 0 Å². The molecular weight excluding hydrogens is 194 g/mol. The molecule has 0 bridgehead atoms. The predicted octanol–water partition coefficient (Wildman–Crippen LogP) is 1.13. The quantitative estimate of drug-likeness (QED) is 0.676. The van der Waals surface area contributed by atoms with Crippen molar-refractivity contribution in [2.45, 2.75) is 12.8 Å². The summed E-state index contributed by atoms with van der Waals surface area (Å²) in [5.41, 5.74) is 3.47. The van der Waals surface area contributed by atoms with Gasteiger partial charge >= 0.3 is 5.97 Å². The Hall–Kier alpha value is -2.06. The lowest BCUT2D eigenvalue weighted by Gasteiger charge is -2.03. The number of carbonyl (C=O) groups excluding carboxylic acids is 1. The lowest BCUT2D eigenvalue weighted by molar-refractivity contribution is -0.138. The molecule has 78 valence electrons. The molecule has 1 aliphatic carbocycles. The standard InChI is InChI=1S/C11H11NO3/c13-10(7-8-11(14)15)12-9-5-3-1-2-4-6-9/h1,3-6H,7-8H2,(H,12,13)(H,14,15). The minimum atomic E-state index is -0.975. The molecule has 15 heavy (non-hydrogen) atoms. The van der Waals surface area contributed by atoms with Gasteiger partial charge in [0.1, 0.15) is 0 Å². The van der Waals surface area contributed by atoms with Crippen LogP contribution in [0.4, 0.5) is 0 Å². The van der Waals surface area contributed by atoms with Gasteiger partial charge in [-0.05, 0) is 24.3 Å². The summed E-state index contributed by atoms with van der Waals surface area (Å²) in [4.78, 5) is 21.5. The van der Waals surface area contributed by atoms with Gasteiger partial charge in [-0.25, -0.2) is 0 Å². The highest BCUT2D eigenvalue weighted by molar-refractivity contribution is 5.82. The van der Waals surface area contributed by atoms with Gasteiger partial charge in [0.15, 0.2) is 0 Å². The lowest BCUT2D eigenvalue weighted by Crippen LogP contribution is -2.22. The number of hydrogen-bond acceptors (Lipinski definition) is 2. The van der Waals surface area contributed by atoms with E-state index in [1.165, 1.54) is 0 Å². The molecule has 0 unspecified atom stereocenters. The number of carbonyl (C=O) groups is 2. The van der Waals surface area contributed by atoms with Gasteiger partial charge < -0.3 is 10.4 Å². The van der Waals surface area contributed by atoms with Crippen molar-refractivity contribution in [2.24, 2.45) is 0 Å². The maximum absolute atomic E-state index is 11.2. The van der Waals surface area contributed by atoms with E-state index in [0.717, 1.165) is 0 Å². The first-order valence-electron chi connectivity index (χ1n) is 4.49. The van der Waals surface area contributed by atoms with Gasteiger partial charge in [-0.2, -0.15) is 0 Å². The van der Waals surface area contributed by atoms with E-state index in [0.29, 0.717) is 5.70 Å². The van der Waals surface area contributed by atoms with Crippen molar-refractivity contribution in [1.82, 2.24) is 5.32 Å². The monoisotopic (exact) mass is 205 g/mol. The zero-order valence-electron chi connectivity index (χ0n) is 8.06. The highest BCUT2D eigenvalue weighted by Gasteiger charge is 2.05. The molecule has 0 spiro atoms. The first kappa shape index (κ1) is 11.0. The van der Waals surface area contributed by atoms with E-state index >= 15 is 0 Å². The van der Waals surface area contributed by atoms with E-state index in [1.54, 1.807) is 30.4 Å². The molecule has 1 aliphatic rings. The maximum atomic E-state index is 11.2. The number of carboxylic acid groups (broad SMARTS) is 1. The van der Waals surface area contributed by atoms with Crippen LogP contribution in [0, 0.1) is 0 Å². The predicted molar refractivity (Wildman–Crippen MR) is 54.9 cm³/mol. The maximum Gasteiger partial charge on any atom is 0.303 e. The summed E-state index contributed by atoms with van der Waals surface area (Å²) in [6.07, 6.45) is 8.37. The molecule has 4 heteroatoms. The third-order valence-corrected chi connectivity index (χ3v) is 1.68. The van der Waals surface area contributed by atoms with Crippen molar-refractivity contribution in [2.75, 3.05) is 0 Å². The number of allylic oxidation sites excluding steroid dienone is 4. The van der Waals surface area contributed by atoms with E-state index in [9.17, 15) is 9.59 Å². The first-order chi connectivity index (χ1) is 7.18. The Morgan fingerprint density at radius 3 is 2.87 bits per heavy atom. The smallest absolute Gasteiger partial charge is 0.303 e. The molecule has 4 nitrogen and oxygen atoms in total. The Bertz CT molecular complexity index is 385. The molecule has 0 radical (unpaired) electrons. The van der Waals surface area contributed by atoms with Crippen LogP contribution in [0.15, 0.2) is 41.8 Å². The van der Waals surface area contributed by atoms with Crippen molar-refractivity contribution >= 4 is 11.9 Å². The molecule has 0 aromatic heterocycles. The van der Waals surface area contributed by atoms with Crippen LogP contribution in [-0.2, 0) is 9.59 Å². The summed E-state index contributed by atoms with van der Waals surface area (Å²) in [5.74, 6) is -1.28. The fourth-order valence-electron chi connectivity index (χ4n) is 0.984. The van der Waals surface area contributed by atoms with Crippen molar-refractivity contribution < 1.29 is 14.7 Å². The van der Waals surface area contributed by atoms with Crippen LogP contribution in [0.5, 0.6) is 0 Å². The number of nitrogens with one attached hydrogen (secondary N) is 1. The minimum absolute atomic E-state index is 0.0162. The summed E-state index contributed by atoms with van der Waals surface area (Å²) < 4.78 is 0.